The lowest BCUT2D eigenvalue weighted by molar-refractivity contribution is 0.0359. The van der Waals surface area contributed by atoms with Crippen molar-refractivity contribution in [1.82, 2.24) is 5.32 Å². The van der Waals surface area contributed by atoms with Crippen molar-refractivity contribution in [1.29, 1.82) is 0 Å². The second-order valence-corrected chi connectivity index (χ2v) is 7.53. The maximum absolute atomic E-state index is 12.5. The van der Waals surface area contributed by atoms with Crippen molar-refractivity contribution >= 4 is 44.5 Å². The van der Waals surface area contributed by atoms with Crippen LogP contribution in [0, 0.1) is 0 Å². The second kappa shape index (κ2) is 5.97. The first-order valence-electron chi connectivity index (χ1n) is 6.38. The van der Waals surface area contributed by atoms with E-state index >= 15 is 0 Å². The highest BCUT2D eigenvalue weighted by Gasteiger charge is 2.37. The summed E-state index contributed by atoms with van der Waals surface area (Å²) in [6.07, 6.45) is 1.65. The van der Waals surface area contributed by atoms with Gasteiger partial charge < -0.3 is 10.1 Å². The Morgan fingerprint density at radius 2 is 2.15 bits per heavy atom. The molecule has 0 aliphatic carbocycles. The van der Waals surface area contributed by atoms with Gasteiger partial charge in [-0.3, -0.25) is 4.79 Å². The molecule has 3 rings (SSSR count). The van der Waals surface area contributed by atoms with Gasteiger partial charge >= 0.3 is 0 Å². The molecule has 0 atom stereocenters. The number of hydrogen-bond donors (Lipinski definition) is 1. The van der Waals surface area contributed by atoms with Crippen LogP contribution in [-0.2, 0) is 10.3 Å². The van der Waals surface area contributed by atoms with E-state index in [2.05, 4.69) is 32.7 Å². The van der Waals surface area contributed by atoms with Crippen LogP contribution in [0.1, 0.15) is 27.4 Å². The molecule has 2 aromatic rings. The van der Waals surface area contributed by atoms with Crippen molar-refractivity contribution in [3.8, 4) is 0 Å². The van der Waals surface area contributed by atoms with E-state index in [-0.39, 0.29) is 11.4 Å². The maximum atomic E-state index is 12.5. The van der Waals surface area contributed by atoms with E-state index in [1.165, 1.54) is 16.2 Å². The molecule has 1 aliphatic rings. The molecule has 3 nitrogen and oxygen atoms in total. The van der Waals surface area contributed by atoms with Crippen molar-refractivity contribution in [2.24, 2.45) is 0 Å². The van der Waals surface area contributed by atoms with Crippen molar-refractivity contribution in [2.75, 3.05) is 13.2 Å². The molecule has 20 heavy (non-hydrogen) atoms. The fourth-order valence-electron chi connectivity index (χ4n) is 2.41. The number of carbonyl (C=O) groups is 1. The Morgan fingerprint density at radius 1 is 1.35 bits per heavy atom. The Labute approximate surface area is 134 Å². The molecule has 2 aromatic heterocycles. The summed E-state index contributed by atoms with van der Waals surface area (Å²) in [5.74, 6) is -0.00370. The summed E-state index contributed by atoms with van der Waals surface area (Å²) < 4.78 is 6.41. The second-order valence-electron chi connectivity index (χ2n) is 4.76. The van der Waals surface area contributed by atoms with Crippen LogP contribution in [0.5, 0.6) is 0 Å². The number of thiophene rings is 2. The Morgan fingerprint density at radius 3 is 2.75 bits per heavy atom. The summed E-state index contributed by atoms with van der Waals surface area (Å²) in [7, 11) is 0. The number of rotatable bonds is 3. The number of nitrogens with one attached hydrogen (secondary N) is 1. The van der Waals surface area contributed by atoms with Gasteiger partial charge in [-0.1, -0.05) is 6.07 Å². The van der Waals surface area contributed by atoms with Gasteiger partial charge in [0.15, 0.2) is 0 Å². The van der Waals surface area contributed by atoms with E-state index < -0.39 is 0 Å². The average molecular weight is 372 g/mol. The van der Waals surface area contributed by atoms with Crippen LogP contribution in [0.25, 0.3) is 0 Å². The largest absolute Gasteiger partial charge is 0.381 e. The number of amides is 1. The summed E-state index contributed by atoms with van der Waals surface area (Å²) in [4.78, 5) is 14.4. The first-order valence-corrected chi connectivity index (χ1v) is 8.93. The summed E-state index contributed by atoms with van der Waals surface area (Å²) in [6, 6.07) is 5.99. The van der Waals surface area contributed by atoms with E-state index in [9.17, 15) is 4.79 Å². The van der Waals surface area contributed by atoms with E-state index in [1.54, 1.807) is 11.3 Å². The van der Waals surface area contributed by atoms with Crippen LogP contribution < -0.4 is 5.32 Å². The number of carbonyl (C=O) groups excluding carboxylic acids is 1. The fourth-order valence-corrected chi connectivity index (χ4v) is 4.68. The minimum Gasteiger partial charge on any atom is -0.381 e. The summed E-state index contributed by atoms with van der Waals surface area (Å²) in [6.45, 7) is 1.37. The van der Waals surface area contributed by atoms with Gasteiger partial charge in [0.25, 0.3) is 5.91 Å². The molecule has 0 unspecified atom stereocenters. The van der Waals surface area contributed by atoms with Crippen molar-refractivity contribution in [3.63, 3.8) is 0 Å². The highest BCUT2D eigenvalue weighted by Crippen LogP contribution is 2.35. The summed E-state index contributed by atoms with van der Waals surface area (Å²) in [5.41, 5.74) is -0.278. The molecule has 106 valence electrons. The maximum Gasteiger partial charge on any atom is 0.262 e. The van der Waals surface area contributed by atoms with Crippen LogP contribution >= 0.6 is 38.6 Å². The Kier molecular flexibility index (Phi) is 4.26. The minimum absolute atomic E-state index is 0.00370. The smallest absolute Gasteiger partial charge is 0.262 e. The fraction of sp³-hybridized carbons (Fsp3) is 0.357. The molecule has 0 spiro atoms. The van der Waals surface area contributed by atoms with E-state index in [0.717, 1.165) is 22.2 Å². The first-order chi connectivity index (χ1) is 9.70. The number of halogens is 1. The molecule has 0 bridgehead atoms. The number of ether oxygens (including phenoxy) is 1. The lowest BCUT2D eigenvalue weighted by Gasteiger charge is -2.37. The van der Waals surface area contributed by atoms with Gasteiger partial charge in [0.2, 0.25) is 0 Å². The van der Waals surface area contributed by atoms with Crippen LogP contribution in [0.2, 0.25) is 0 Å². The third kappa shape index (κ3) is 2.83. The van der Waals surface area contributed by atoms with E-state index in [0.29, 0.717) is 13.2 Å². The predicted molar refractivity (Wildman–Crippen MR) is 85.5 cm³/mol. The van der Waals surface area contributed by atoms with Crippen LogP contribution in [-0.4, -0.2) is 19.1 Å². The normalized spacial score (nSPS) is 17.9. The lowest BCUT2D eigenvalue weighted by atomic mass is 9.88. The highest BCUT2D eigenvalue weighted by molar-refractivity contribution is 9.10. The van der Waals surface area contributed by atoms with Gasteiger partial charge in [-0.05, 0) is 46.3 Å². The quantitative estimate of drug-likeness (QED) is 0.884. The Balaban J connectivity index is 1.85. The monoisotopic (exact) mass is 371 g/mol. The zero-order valence-corrected chi connectivity index (χ0v) is 13.9. The third-order valence-corrected chi connectivity index (χ3v) is 6.25. The summed E-state index contributed by atoms with van der Waals surface area (Å²) in [5, 5.41) is 7.23. The van der Waals surface area contributed by atoms with Crippen LogP contribution in [0.15, 0.2) is 33.4 Å². The summed E-state index contributed by atoms with van der Waals surface area (Å²) >= 11 is 6.54. The molecule has 1 aliphatic heterocycles. The zero-order chi connectivity index (χ0) is 14.0. The van der Waals surface area contributed by atoms with Crippen molar-refractivity contribution in [2.45, 2.75) is 18.4 Å². The molecule has 1 amide bonds. The first kappa shape index (κ1) is 14.3. The van der Waals surface area contributed by atoms with Crippen molar-refractivity contribution < 1.29 is 9.53 Å². The standard InChI is InChI=1S/C14H14BrNO2S2/c15-10-8-11(20-9-10)13(17)16-14(3-5-18-6-4-14)12-2-1-7-19-12/h1-2,7-9H,3-6H2,(H,16,17). The molecule has 0 radical (unpaired) electrons. The van der Waals surface area contributed by atoms with Crippen LogP contribution in [0.3, 0.4) is 0 Å². The molecule has 1 fully saturated rings. The van der Waals surface area contributed by atoms with Gasteiger partial charge in [0.1, 0.15) is 0 Å². The van der Waals surface area contributed by atoms with Gasteiger partial charge in [0, 0.05) is 27.9 Å². The Bertz CT molecular complexity index is 588. The molecule has 0 saturated carbocycles. The zero-order valence-electron chi connectivity index (χ0n) is 10.7. The molecule has 3 heterocycles. The number of hydrogen-bond acceptors (Lipinski definition) is 4. The Hall–Kier alpha value is -0.690. The molecule has 1 N–H and O–H groups in total. The SMILES string of the molecule is O=C(NC1(c2cccs2)CCOCC1)c1cc(Br)cs1. The van der Waals surface area contributed by atoms with E-state index in [4.69, 9.17) is 4.74 Å². The average Bonchev–Trinajstić information content (AvgIpc) is 3.11. The van der Waals surface area contributed by atoms with Crippen LogP contribution in [0.4, 0.5) is 0 Å². The van der Waals surface area contributed by atoms with E-state index in [1.807, 2.05) is 17.5 Å². The molecular formula is C14H14BrNO2S2. The van der Waals surface area contributed by atoms with Gasteiger partial charge in [-0.25, -0.2) is 0 Å². The molecule has 1 saturated heterocycles. The highest BCUT2D eigenvalue weighted by atomic mass is 79.9. The van der Waals surface area contributed by atoms with Gasteiger partial charge in [0.05, 0.1) is 10.4 Å². The molecule has 0 aromatic carbocycles. The third-order valence-electron chi connectivity index (χ3n) is 3.48. The van der Waals surface area contributed by atoms with Gasteiger partial charge in [-0.15, -0.1) is 22.7 Å². The predicted octanol–water partition coefficient (Wildman–Crippen LogP) is 4.01. The lowest BCUT2D eigenvalue weighted by Crippen LogP contribution is -2.48. The van der Waals surface area contributed by atoms with Crippen molar-refractivity contribution in [3.05, 3.63) is 43.2 Å². The van der Waals surface area contributed by atoms with Gasteiger partial charge in [-0.2, -0.15) is 0 Å². The minimum atomic E-state index is -0.278. The topological polar surface area (TPSA) is 38.3 Å². The molecule has 6 heteroatoms. The molecular weight excluding hydrogens is 358 g/mol.